The molecule has 3 N–H and O–H groups in total. The summed E-state index contributed by atoms with van der Waals surface area (Å²) >= 11 is 0. The third-order valence-corrected chi connectivity index (χ3v) is 3.72. The Morgan fingerprint density at radius 1 is 1.41 bits per heavy atom. The van der Waals surface area contributed by atoms with Crippen LogP contribution in [0.15, 0.2) is 18.2 Å². The molecule has 0 unspecified atom stereocenters. The molecular formula is C14H22N2O. The molecule has 1 aromatic carbocycles. The Hall–Kier alpha value is -1.22. The molecule has 1 aliphatic rings. The van der Waals surface area contributed by atoms with Crippen LogP contribution in [-0.4, -0.2) is 20.2 Å². The van der Waals surface area contributed by atoms with Gasteiger partial charge in [0.15, 0.2) is 0 Å². The molecule has 17 heavy (non-hydrogen) atoms. The van der Waals surface area contributed by atoms with Crippen LogP contribution in [0.4, 0.5) is 5.69 Å². The zero-order chi connectivity index (χ0) is 12.3. The predicted octanol–water partition coefficient (Wildman–Crippen LogP) is 2.41. The molecule has 0 aromatic heterocycles. The van der Waals surface area contributed by atoms with E-state index in [4.69, 9.17) is 10.5 Å². The Morgan fingerprint density at radius 3 is 2.71 bits per heavy atom. The highest BCUT2D eigenvalue weighted by Crippen LogP contribution is 2.44. The van der Waals surface area contributed by atoms with Crippen molar-refractivity contribution in [2.24, 2.45) is 11.1 Å². The van der Waals surface area contributed by atoms with E-state index >= 15 is 0 Å². The molecule has 0 spiro atoms. The van der Waals surface area contributed by atoms with Gasteiger partial charge in [0.25, 0.3) is 0 Å². The number of nitrogens with two attached hydrogens (primary N) is 1. The van der Waals surface area contributed by atoms with Crippen LogP contribution in [0.3, 0.4) is 0 Å². The van der Waals surface area contributed by atoms with Crippen molar-refractivity contribution in [3.05, 3.63) is 23.8 Å². The Balaban J connectivity index is 2.01. The second-order valence-corrected chi connectivity index (χ2v) is 4.94. The maximum absolute atomic E-state index is 5.77. The molecule has 3 heteroatoms. The monoisotopic (exact) mass is 234 g/mol. The van der Waals surface area contributed by atoms with Crippen molar-refractivity contribution < 1.29 is 4.74 Å². The second kappa shape index (κ2) is 4.96. The van der Waals surface area contributed by atoms with Gasteiger partial charge in [-0.1, -0.05) is 6.92 Å². The van der Waals surface area contributed by atoms with E-state index in [0.29, 0.717) is 5.41 Å². The fraction of sp³-hybridized carbons (Fsp3) is 0.571. The first-order chi connectivity index (χ1) is 8.23. The molecule has 0 amide bonds. The van der Waals surface area contributed by atoms with Gasteiger partial charge in [0.1, 0.15) is 5.75 Å². The molecule has 3 nitrogen and oxygen atoms in total. The number of aryl methyl sites for hydroxylation is 1. The smallest absolute Gasteiger partial charge is 0.122 e. The molecule has 0 saturated heterocycles. The van der Waals surface area contributed by atoms with Gasteiger partial charge in [-0.3, -0.25) is 0 Å². The first-order valence-corrected chi connectivity index (χ1v) is 6.34. The number of nitrogens with one attached hydrogen (secondary N) is 1. The molecule has 0 heterocycles. The number of rotatable bonds is 6. The molecule has 1 fully saturated rings. The summed E-state index contributed by atoms with van der Waals surface area (Å²) in [5, 5.41) is 3.49. The fourth-order valence-corrected chi connectivity index (χ4v) is 2.08. The maximum atomic E-state index is 5.77. The largest absolute Gasteiger partial charge is 0.496 e. The minimum atomic E-state index is 0.367. The van der Waals surface area contributed by atoms with Crippen molar-refractivity contribution in [1.29, 1.82) is 0 Å². The van der Waals surface area contributed by atoms with Crippen molar-refractivity contribution in [3.63, 3.8) is 0 Å². The molecule has 0 aliphatic heterocycles. The van der Waals surface area contributed by atoms with E-state index < -0.39 is 0 Å². The molecule has 1 aromatic rings. The van der Waals surface area contributed by atoms with Gasteiger partial charge in [0.2, 0.25) is 0 Å². The SMILES string of the molecule is CCc1cc(NCC2(CN)CC2)ccc1OC. The molecule has 0 radical (unpaired) electrons. The van der Waals surface area contributed by atoms with Crippen molar-refractivity contribution >= 4 is 5.69 Å². The van der Waals surface area contributed by atoms with E-state index in [0.717, 1.165) is 25.3 Å². The summed E-state index contributed by atoms with van der Waals surface area (Å²) < 4.78 is 5.32. The van der Waals surface area contributed by atoms with Gasteiger partial charge in [-0.15, -0.1) is 0 Å². The minimum Gasteiger partial charge on any atom is -0.496 e. The van der Waals surface area contributed by atoms with Gasteiger partial charge in [-0.2, -0.15) is 0 Å². The topological polar surface area (TPSA) is 47.3 Å². The lowest BCUT2D eigenvalue weighted by Crippen LogP contribution is -2.24. The van der Waals surface area contributed by atoms with E-state index in [2.05, 4.69) is 24.4 Å². The van der Waals surface area contributed by atoms with Gasteiger partial charge in [0.05, 0.1) is 7.11 Å². The molecule has 1 aliphatic carbocycles. The van der Waals surface area contributed by atoms with Gasteiger partial charge in [-0.25, -0.2) is 0 Å². The molecule has 0 atom stereocenters. The van der Waals surface area contributed by atoms with Gasteiger partial charge in [-0.05, 0) is 55.0 Å². The van der Waals surface area contributed by atoms with Crippen molar-refractivity contribution in [2.45, 2.75) is 26.2 Å². The summed E-state index contributed by atoms with van der Waals surface area (Å²) in [5.41, 5.74) is 8.56. The Labute approximate surface area is 103 Å². The van der Waals surface area contributed by atoms with Crippen LogP contribution in [0.2, 0.25) is 0 Å². The molecule has 94 valence electrons. The van der Waals surface area contributed by atoms with Crippen LogP contribution >= 0.6 is 0 Å². The summed E-state index contributed by atoms with van der Waals surface area (Å²) in [4.78, 5) is 0. The van der Waals surface area contributed by atoms with Gasteiger partial charge < -0.3 is 15.8 Å². The molecule has 1 saturated carbocycles. The highest BCUT2D eigenvalue weighted by molar-refractivity contribution is 5.51. The average Bonchev–Trinajstić information content (AvgIpc) is 3.16. The lowest BCUT2D eigenvalue weighted by Gasteiger charge is -2.16. The second-order valence-electron chi connectivity index (χ2n) is 4.94. The zero-order valence-corrected chi connectivity index (χ0v) is 10.8. The summed E-state index contributed by atoms with van der Waals surface area (Å²) in [7, 11) is 1.72. The van der Waals surface area contributed by atoms with E-state index in [-0.39, 0.29) is 0 Å². The average molecular weight is 234 g/mol. The van der Waals surface area contributed by atoms with Crippen LogP contribution in [0, 0.1) is 5.41 Å². The first kappa shape index (κ1) is 12.2. The molecular weight excluding hydrogens is 212 g/mol. The van der Waals surface area contributed by atoms with Gasteiger partial charge >= 0.3 is 0 Å². The highest BCUT2D eigenvalue weighted by atomic mass is 16.5. The Bertz CT molecular complexity index is 386. The van der Waals surface area contributed by atoms with Crippen molar-refractivity contribution in [3.8, 4) is 5.75 Å². The zero-order valence-electron chi connectivity index (χ0n) is 10.8. The minimum absolute atomic E-state index is 0.367. The number of benzene rings is 1. The number of methoxy groups -OCH3 is 1. The summed E-state index contributed by atoms with van der Waals surface area (Å²) in [6, 6.07) is 6.28. The number of anilines is 1. The quantitative estimate of drug-likeness (QED) is 0.794. The lowest BCUT2D eigenvalue weighted by molar-refractivity contribution is 0.410. The molecule has 0 bridgehead atoms. The Kier molecular flexibility index (Phi) is 3.57. The summed E-state index contributed by atoms with van der Waals surface area (Å²) in [5.74, 6) is 0.970. The molecule has 2 rings (SSSR count). The number of hydrogen-bond acceptors (Lipinski definition) is 3. The van der Waals surface area contributed by atoms with Gasteiger partial charge in [0, 0.05) is 12.2 Å². The van der Waals surface area contributed by atoms with Crippen LogP contribution in [0.5, 0.6) is 5.75 Å². The fourth-order valence-electron chi connectivity index (χ4n) is 2.08. The predicted molar refractivity (Wildman–Crippen MR) is 71.6 cm³/mol. The van der Waals surface area contributed by atoms with E-state index in [1.165, 1.54) is 24.1 Å². The summed E-state index contributed by atoms with van der Waals surface area (Å²) in [6.45, 7) is 3.92. The van der Waals surface area contributed by atoms with E-state index in [1.54, 1.807) is 7.11 Å². The highest BCUT2D eigenvalue weighted by Gasteiger charge is 2.40. The van der Waals surface area contributed by atoms with Crippen LogP contribution < -0.4 is 15.8 Å². The van der Waals surface area contributed by atoms with Crippen molar-refractivity contribution in [2.75, 3.05) is 25.5 Å². The normalized spacial score (nSPS) is 16.6. The van der Waals surface area contributed by atoms with Crippen LogP contribution in [-0.2, 0) is 6.42 Å². The van der Waals surface area contributed by atoms with E-state index in [1.807, 2.05) is 6.07 Å². The van der Waals surface area contributed by atoms with Crippen molar-refractivity contribution in [1.82, 2.24) is 0 Å². The summed E-state index contributed by atoms with van der Waals surface area (Å²) in [6.07, 6.45) is 3.50. The first-order valence-electron chi connectivity index (χ1n) is 6.34. The van der Waals surface area contributed by atoms with Crippen LogP contribution in [0.1, 0.15) is 25.3 Å². The number of ether oxygens (including phenoxy) is 1. The van der Waals surface area contributed by atoms with Crippen LogP contribution in [0.25, 0.3) is 0 Å². The third-order valence-electron chi connectivity index (χ3n) is 3.72. The maximum Gasteiger partial charge on any atom is 0.122 e. The lowest BCUT2D eigenvalue weighted by atomic mass is 10.1. The van der Waals surface area contributed by atoms with E-state index in [9.17, 15) is 0 Å². The Morgan fingerprint density at radius 2 is 2.18 bits per heavy atom. The standard InChI is InChI=1S/C14H22N2O/c1-3-11-8-12(4-5-13(11)17-2)16-10-14(9-15)6-7-14/h4-5,8,16H,3,6-7,9-10,15H2,1-2H3. The number of hydrogen-bond donors (Lipinski definition) is 2. The third kappa shape index (κ3) is 2.72.